The maximum Gasteiger partial charge on any atom is 0.335 e. The molecule has 9 nitrogen and oxygen atoms in total. The number of hydrogen-bond acceptors (Lipinski definition) is 7. The Kier molecular flexibility index (Phi) is 4.95. The van der Waals surface area contributed by atoms with Gasteiger partial charge in [-0.3, -0.25) is 9.55 Å². The molecule has 0 aromatic carbocycles. The minimum atomic E-state index is -0.232. The predicted octanol–water partition coefficient (Wildman–Crippen LogP) is 0.419. The largest absolute Gasteiger partial charge is 0.467 e. The Morgan fingerprint density at radius 1 is 1.29 bits per heavy atom. The number of piperazine rings is 1. The van der Waals surface area contributed by atoms with Crippen LogP contribution in [0.2, 0.25) is 0 Å². The van der Waals surface area contributed by atoms with Gasteiger partial charge in [0.15, 0.2) is 11.5 Å². The van der Waals surface area contributed by atoms with Gasteiger partial charge in [0.1, 0.15) is 5.52 Å². The van der Waals surface area contributed by atoms with Gasteiger partial charge in [0.2, 0.25) is 0 Å². The van der Waals surface area contributed by atoms with Gasteiger partial charge in [-0.1, -0.05) is 5.92 Å². The summed E-state index contributed by atoms with van der Waals surface area (Å²) in [6.07, 6.45) is 3.30. The van der Waals surface area contributed by atoms with E-state index in [2.05, 4.69) is 37.0 Å². The summed E-state index contributed by atoms with van der Waals surface area (Å²) in [5, 5.41) is 3.33. The summed E-state index contributed by atoms with van der Waals surface area (Å²) in [7, 11) is 1.52. The van der Waals surface area contributed by atoms with Crippen LogP contribution in [0.4, 0.5) is 5.82 Å². The molecule has 0 unspecified atom stereocenters. The van der Waals surface area contributed by atoms with E-state index in [0.717, 1.165) is 26.2 Å². The van der Waals surface area contributed by atoms with E-state index in [-0.39, 0.29) is 18.2 Å². The molecule has 0 radical (unpaired) electrons. The van der Waals surface area contributed by atoms with Crippen molar-refractivity contribution in [3.05, 3.63) is 35.0 Å². The van der Waals surface area contributed by atoms with Crippen molar-refractivity contribution in [2.75, 3.05) is 38.2 Å². The summed E-state index contributed by atoms with van der Waals surface area (Å²) in [6.45, 7) is 5.25. The van der Waals surface area contributed by atoms with Gasteiger partial charge in [0.25, 0.3) is 0 Å². The molecule has 1 aliphatic rings. The first-order valence-electron chi connectivity index (χ1n) is 9.07. The maximum absolute atomic E-state index is 13.3. The van der Waals surface area contributed by atoms with E-state index in [4.69, 9.17) is 4.74 Å². The minimum Gasteiger partial charge on any atom is -0.467 e. The summed E-state index contributed by atoms with van der Waals surface area (Å²) in [5.41, 5.74) is 1.54. The van der Waals surface area contributed by atoms with Gasteiger partial charge in [-0.2, -0.15) is 9.97 Å². The number of anilines is 1. The molecular formula is C19H21N7O2. The lowest BCUT2D eigenvalue weighted by molar-refractivity contribution is 0.381. The van der Waals surface area contributed by atoms with E-state index >= 15 is 0 Å². The molecule has 3 aromatic heterocycles. The van der Waals surface area contributed by atoms with Crippen molar-refractivity contribution in [3.63, 3.8) is 0 Å². The van der Waals surface area contributed by atoms with Crippen LogP contribution in [-0.4, -0.2) is 57.4 Å². The van der Waals surface area contributed by atoms with Crippen molar-refractivity contribution in [3.8, 4) is 23.5 Å². The number of hydrogen-bond donors (Lipinski definition) is 1. The first-order valence-corrected chi connectivity index (χ1v) is 9.07. The molecule has 3 aromatic rings. The van der Waals surface area contributed by atoms with Gasteiger partial charge in [-0.15, -0.1) is 5.92 Å². The molecule has 0 amide bonds. The molecule has 144 valence electrons. The summed E-state index contributed by atoms with van der Waals surface area (Å²) in [5.74, 6) is 6.53. The number of imidazole rings is 1. The van der Waals surface area contributed by atoms with Gasteiger partial charge < -0.3 is 15.0 Å². The number of aromatic nitrogens is 5. The van der Waals surface area contributed by atoms with Crippen LogP contribution in [0.5, 0.6) is 6.01 Å². The fourth-order valence-corrected chi connectivity index (χ4v) is 3.33. The van der Waals surface area contributed by atoms with Crippen LogP contribution < -0.4 is 20.6 Å². The van der Waals surface area contributed by atoms with Crippen LogP contribution in [0, 0.1) is 11.8 Å². The van der Waals surface area contributed by atoms with Crippen LogP contribution in [0.25, 0.3) is 16.9 Å². The van der Waals surface area contributed by atoms with E-state index in [1.807, 2.05) is 6.07 Å². The number of ether oxygens (including phenoxy) is 1. The normalized spacial score (nSPS) is 14.0. The highest BCUT2D eigenvalue weighted by atomic mass is 16.5. The quantitative estimate of drug-likeness (QED) is 0.657. The number of methoxy groups -OCH3 is 1. The van der Waals surface area contributed by atoms with Crippen molar-refractivity contribution < 1.29 is 4.74 Å². The van der Waals surface area contributed by atoms with Crippen LogP contribution in [0.3, 0.4) is 0 Å². The first-order chi connectivity index (χ1) is 13.7. The van der Waals surface area contributed by atoms with Gasteiger partial charge in [-0.05, 0) is 19.1 Å². The van der Waals surface area contributed by atoms with Crippen LogP contribution in [0.15, 0.2) is 29.3 Å². The smallest absolute Gasteiger partial charge is 0.335 e. The third-order valence-corrected chi connectivity index (χ3v) is 4.65. The summed E-state index contributed by atoms with van der Waals surface area (Å²) < 4.78 is 8.50. The Bertz CT molecular complexity index is 1100. The van der Waals surface area contributed by atoms with E-state index in [1.165, 1.54) is 11.7 Å². The van der Waals surface area contributed by atoms with Crippen molar-refractivity contribution in [2.45, 2.75) is 13.5 Å². The van der Waals surface area contributed by atoms with E-state index in [0.29, 0.717) is 22.7 Å². The molecule has 1 fully saturated rings. The van der Waals surface area contributed by atoms with Crippen molar-refractivity contribution in [1.29, 1.82) is 0 Å². The van der Waals surface area contributed by atoms with Crippen molar-refractivity contribution >= 4 is 17.0 Å². The standard InChI is InChI=1S/C19H21N7O2/c1-3-4-10-25-15-16(24-11-8-20-9-12-24)22-18(28-2)23-17(15)26(19(25)27)14-6-5-7-21-13-14/h5-7,13,20H,8-12H2,1-2H3. The Labute approximate surface area is 162 Å². The highest BCUT2D eigenvalue weighted by molar-refractivity contribution is 5.86. The van der Waals surface area contributed by atoms with E-state index in [9.17, 15) is 4.79 Å². The highest BCUT2D eigenvalue weighted by Gasteiger charge is 2.25. The molecule has 1 N–H and O–H groups in total. The molecule has 0 saturated carbocycles. The molecule has 0 atom stereocenters. The third-order valence-electron chi connectivity index (χ3n) is 4.65. The number of fused-ring (bicyclic) bond motifs is 1. The monoisotopic (exact) mass is 379 g/mol. The molecule has 0 bridgehead atoms. The van der Waals surface area contributed by atoms with Crippen LogP contribution in [0.1, 0.15) is 6.92 Å². The topological polar surface area (TPSA) is 90.1 Å². The van der Waals surface area contributed by atoms with Gasteiger partial charge in [-0.25, -0.2) is 9.36 Å². The lowest BCUT2D eigenvalue weighted by Crippen LogP contribution is -2.44. The van der Waals surface area contributed by atoms with Crippen LogP contribution in [-0.2, 0) is 6.54 Å². The third kappa shape index (κ3) is 3.08. The zero-order valence-corrected chi connectivity index (χ0v) is 15.8. The molecule has 9 heteroatoms. The Morgan fingerprint density at radius 3 is 2.79 bits per heavy atom. The first kappa shape index (κ1) is 18.0. The summed E-state index contributed by atoms with van der Waals surface area (Å²) >= 11 is 0. The fraction of sp³-hybridized carbons (Fsp3) is 0.368. The van der Waals surface area contributed by atoms with Gasteiger partial charge in [0, 0.05) is 32.4 Å². The molecule has 4 rings (SSSR count). The molecule has 0 aliphatic carbocycles. The Morgan fingerprint density at radius 2 is 2.11 bits per heavy atom. The fourth-order valence-electron chi connectivity index (χ4n) is 3.33. The Hall–Kier alpha value is -3.38. The maximum atomic E-state index is 13.3. The predicted molar refractivity (Wildman–Crippen MR) is 106 cm³/mol. The van der Waals surface area contributed by atoms with Crippen molar-refractivity contribution in [2.24, 2.45) is 0 Å². The summed E-state index contributed by atoms with van der Waals surface area (Å²) in [4.78, 5) is 28.7. The lowest BCUT2D eigenvalue weighted by atomic mass is 10.3. The van der Waals surface area contributed by atoms with Gasteiger partial charge in [0.05, 0.1) is 25.5 Å². The number of rotatable bonds is 4. The average Bonchev–Trinajstić information content (AvgIpc) is 3.03. The number of nitrogens with zero attached hydrogens (tertiary/aromatic N) is 6. The van der Waals surface area contributed by atoms with Crippen molar-refractivity contribution in [1.82, 2.24) is 29.4 Å². The summed E-state index contributed by atoms with van der Waals surface area (Å²) in [6, 6.07) is 3.83. The highest BCUT2D eigenvalue weighted by Crippen LogP contribution is 2.27. The molecular weight excluding hydrogens is 358 g/mol. The minimum absolute atomic E-state index is 0.220. The van der Waals surface area contributed by atoms with Crippen LogP contribution >= 0.6 is 0 Å². The molecule has 0 spiro atoms. The number of pyridine rings is 1. The molecule has 4 heterocycles. The Balaban J connectivity index is 2.06. The zero-order chi connectivity index (χ0) is 19.5. The SMILES string of the molecule is CC#CCn1c(=O)n(-c2cccnc2)c2nc(OC)nc(N3CCNCC3)c21. The molecule has 1 saturated heterocycles. The second-order valence-corrected chi connectivity index (χ2v) is 6.29. The molecule has 28 heavy (non-hydrogen) atoms. The molecule has 1 aliphatic heterocycles. The lowest BCUT2D eigenvalue weighted by Gasteiger charge is -2.29. The second-order valence-electron chi connectivity index (χ2n) is 6.29. The second kappa shape index (κ2) is 7.70. The van der Waals surface area contributed by atoms with E-state index in [1.54, 1.807) is 30.0 Å². The average molecular weight is 379 g/mol. The van der Waals surface area contributed by atoms with Gasteiger partial charge >= 0.3 is 11.7 Å². The number of nitrogens with one attached hydrogen (secondary N) is 1. The zero-order valence-electron chi connectivity index (χ0n) is 15.8. The van der Waals surface area contributed by atoms with E-state index < -0.39 is 0 Å².